The number of methoxy groups -OCH3 is 1. The minimum atomic E-state index is -0.461. The van der Waals surface area contributed by atoms with E-state index < -0.39 is 5.97 Å². The summed E-state index contributed by atoms with van der Waals surface area (Å²) in [4.78, 5) is 25.5. The highest BCUT2D eigenvalue weighted by molar-refractivity contribution is 7.17. The fourth-order valence-corrected chi connectivity index (χ4v) is 3.27. The quantitative estimate of drug-likeness (QED) is 0.846. The van der Waals surface area contributed by atoms with Crippen LogP contribution in [-0.2, 0) is 4.74 Å². The Kier molecular flexibility index (Phi) is 4.41. The second-order valence-electron chi connectivity index (χ2n) is 4.08. The largest absolute Gasteiger partial charge is 0.465 e. The van der Waals surface area contributed by atoms with Crippen LogP contribution in [0.5, 0.6) is 0 Å². The number of urea groups is 1. The monoisotopic (exact) mass is 310 g/mol. The van der Waals surface area contributed by atoms with Gasteiger partial charge in [-0.1, -0.05) is 0 Å². The molecule has 0 aliphatic heterocycles. The van der Waals surface area contributed by atoms with Crippen molar-refractivity contribution < 1.29 is 14.3 Å². The van der Waals surface area contributed by atoms with Crippen molar-refractivity contribution in [1.82, 2.24) is 0 Å². The number of rotatable bonds is 3. The molecule has 2 N–H and O–H groups in total. The first-order chi connectivity index (χ1) is 9.49. The van der Waals surface area contributed by atoms with E-state index in [0.717, 1.165) is 14.8 Å². The van der Waals surface area contributed by atoms with Crippen LogP contribution in [0, 0.1) is 13.8 Å². The number of ether oxygens (including phenoxy) is 1. The molecule has 0 radical (unpaired) electrons. The molecule has 2 aromatic rings. The Labute approximate surface area is 124 Å². The van der Waals surface area contributed by atoms with Crippen LogP contribution in [0.2, 0.25) is 0 Å². The number of hydrogen-bond donors (Lipinski definition) is 2. The molecule has 0 aliphatic rings. The van der Waals surface area contributed by atoms with Gasteiger partial charge in [0, 0.05) is 9.75 Å². The van der Waals surface area contributed by atoms with Crippen LogP contribution < -0.4 is 10.6 Å². The zero-order valence-corrected chi connectivity index (χ0v) is 12.9. The minimum absolute atomic E-state index is 0.368. The first-order valence-corrected chi connectivity index (χ1v) is 7.46. The second-order valence-corrected chi connectivity index (χ2v) is 6.63. The summed E-state index contributed by atoms with van der Waals surface area (Å²) >= 11 is 2.82. The Hall–Kier alpha value is -1.86. The molecule has 106 valence electrons. The molecule has 5 nitrogen and oxygen atoms in total. The maximum atomic E-state index is 11.9. The lowest BCUT2D eigenvalue weighted by atomic mass is 10.3. The predicted octanol–water partition coefficient (Wildman–Crippen LogP) is 3.86. The lowest BCUT2D eigenvalue weighted by Gasteiger charge is -2.05. The molecule has 7 heteroatoms. The molecule has 0 saturated carbocycles. The third kappa shape index (κ3) is 3.37. The summed E-state index contributed by atoms with van der Waals surface area (Å²) < 4.78 is 4.69. The second kappa shape index (κ2) is 6.06. The Morgan fingerprint density at radius 2 is 1.85 bits per heavy atom. The SMILES string of the molecule is COC(=O)c1cc(C)sc1NC(=O)Nc1ccc(C)s1. The maximum absolute atomic E-state index is 11.9. The molecule has 0 unspecified atom stereocenters. The summed E-state index contributed by atoms with van der Waals surface area (Å²) in [5.74, 6) is -0.461. The van der Waals surface area contributed by atoms with E-state index >= 15 is 0 Å². The molecular weight excluding hydrogens is 296 g/mol. The number of nitrogens with one attached hydrogen (secondary N) is 2. The van der Waals surface area contributed by atoms with Gasteiger partial charge in [-0.05, 0) is 32.0 Å². The Bertz CT molecular complexity index is 646. The topological polar surface area (TPSA) is 67.4 Å². The van der Waals surface area contributed by atoms with Gasteiger partial charge in [0.1, 0.15) is 5.00 Å². The van der Waals surface area contributed by atoms with Crippen molar-refractivity contribution >= 4 is 44.7 Å². The number of carbonyl (C=O) groups is 2. The Balaban J connectivity index is 2.09. The molecule has 20 heavy (non-hydrogen) atoms. The van der Waals surface area contributed by atoms with Crippen LogP contribution in [-0.4, -0.2) is 19.1 Å². The van der Waals surface area contributed by atoms with E-state index in [2.05, 4.69) is 10.6 Å². The number of anilines is 2. The van der Waals surface area contributed by atoms with Gasteiger partial charge in [0.15, 0.2) is 0 Å². The molecule has 0 fully saturated rings. The van der Waals surface area contributed by atoms with Crippen molar-refractivity contribution in [2.24, 2.45) is 0 Å². The van der Waals surface area contributed by atoms with Crippen molar-refractivity contribution in [3.8, 4) is 0 Å². The van der Waals surface area contributed by atoms with Crippen molar-refractivity contribution in [2.45, 2.75) is 13.8 Å². The first kappa shape index (κ1) is 14.5. The van der Waals surface area contributed by atoms with Crippen LogP contribution in [0.1, 0.15) is 20.1 Å². The molecular formula is C13H14N2O3S2. The van der Waals surface area contributed by atoms with Crippen LogP contribution in [0.15, 0.2) is 18.2 Å². The van der Waals surface area contributed by atoms with Crippen molar-refractivity contribution in [3.63, 3.8) is 0 Å². The zero-order valence-electron chi connectivity index (χ0n) is 11.3. The number of aryl methyl sites for hydroxylation is 2. The minimum Gasteiger partial charge on any atom is -0.465 e. The highest BCUT2D eigenvalue weighted by Gasteiger charge is 2.17. The summed E-state index contributed by atoms with van der Waals surface area (Å²) in [6.07, 6.45) is 0. The Morgan fingerprint density at radius 3 is 2.45 bits per heavy atom. The molecule has 2 aromatic heterocycles. The first-order valence-electron chi connectivity index (χ1n) is 5.83. The standard InChI is InChI=1S/C13H14N2O3S2/c1-7-4-5-10(19-7)14-13(17)15-11-9(12(16)18-3)6-8(2)20-11/h4-6H,1-3H3,(H2,14,15,17). The number of amides is 2. The van der Waals surface area contributed by atoms with Gasteiger partial charge < -0.3 is 4.74 Å². The summed E-state index contributed by atoms with van der Waals surface area (Å²) in [5, 5.41) is 6.65. The average Bonchev–Trinajstić information content (AvgIpc) is 2.94. The summed E-state index contributed by atoms with van der Waals surface area (Å²) in [6.45, 7) is 3.83. The van der Waals surface area contributed by atoms with E-state index in [1.165, 1.54) is 29.8 Å². The van der Waals surface area contributed by atoms with Gasteiger partial charge in [-0.25, -0.2) is 9.59 Å². The van der Waals surface area contributed by atoms with Crippen LogP contribution in [0.4, 0.5) is 14.8 Å². The van der Waals surface area contributed by atoms with E-state index in [-0.39, 0.29) is 6.03 Å². The number of esters is 1. The summed E-state index contributed by atoms with van der Waals surface area (Å²) in [6, 6.07) is 5.08. The molecule has 0 aromatic carbocycles. The van der Waals surface area contributed by atoms with Crippen LogP contribution in [0.3, 0.4) is 0 Å². The molecule has 0 aliphatic carbocycles. The van der Waals surface area contributed by atoms with Crippen molar-refractivity contribution in [3.05, 3.63) is 33.5 Å². The van der Waals surface area contributed by atoms with E-state index in [0.29, 0.717) is 10.6 Å². The lowest BCUT2D eigenvalue weighted by molar-refractivity contribution is 0.0602. The van der Waals surface area contributed by atoms with Gasteiger partial charge in [0.25, 0.3) is 0 Å². The summed E-state index contributed by atoms with van der Waals surface area (Å²) in [5.41, 5.74) is 0.368. The molecule has 0 spiro atoms. The third-order valence-electron chi connectivity index (χ3n) is 2.46. The molecule has 0 saturated heterocycles. The van der Waals surface area contributed by atoms with E-state index in [9.17, 15) is 9.59 Å². The fraction of sp³-hybridized carbons (Fsp3) is 0.231. The van der Waals surface area contributed by atoms with E-state index in [1.807, 2.05) is 26.0 Å². The predicted molar refractivity (Wildman–Crippen MR) is 82.1 cm³/mol. The van der Waals surface area contributed by atoms with Crippen LogP contribution >= 0.6 is 22.7 Å². The molecule has 2 heterocycles. The van der Waals surface area contributed by atoms with E-state index in [4.69, 9.17) is 4.74 Å². The highest BCUT2D eigenvalue weighted by Crippen LogP contribution is 2.28. The van der Waals surface area contributed by atoms with Crippen LogP contribution in [0.25, 0.3) is 0 Å². The number of hydrogen-bond acceptors (Lipinski definition) is 5. The van der Waals surface area contributed by atoms with Gasteiger partial charge >= 0.3 is 12.0 Å². The van der Waals surface area contributed by atoms with Gasteiger partial charge in [0.2, 0.25) is 0 Å². The molecule has 2 rings (SSSR count). The van der Waals surface area contributed by atoms with Crippen molar-refractivity contribution in [1.29, 1.82) is 0 Å². The summed E-state index contributed by atoms with van der Waals surface area (Å²) in [7, 11) is 1.31. The Morgan fingerprint density at radius 1 is 1.10 bits per heavy atom. The van der Waals surface area contributed by atoms with Crippen molar-refractivity contribution in [2.75, 3.05) is 17.7 Å². The molecule has 0 bridgehead atoms. The maximum Gasteiger partial charge on any atom is 0.340 e. The number of thiophene rings is 2. The smallest absolute Gasteiger partial charge is 0.340 e. The third-order valence-corrected chi connectivity index (χ3v) is 4.35. The highest BCUT2D eigenvalue weighted by atomic mass is 32.1. The fourth-order valence-electron chi connectivity index (χ4n) is 1.62. The van der Waals surface area contributed by atoms with E-state index in [1.54, 1.807) is 6.07 Å². The normalized spacial score (nSPS) is 10.2. The average molecular weight is 310 g/mol. The molecule has 0 atom stereocenters. The van der Waals surface area contributed by atoms with Gasteiger partial charge in [-0.15, -0.1) is 22.7 Å². The lowest BCUT2D eigenvalue weighted by Crippen LogP contribution is -2.19. The van der Waals surface area contributed by atoms with Gasteiger partial charge in [-0.2, -0.15) is 0 Å². The zero-order chi connectivity index (χ0) is 14.7. The molecule has 2 amide bonds. The number of carbonyl (C=O) groups excluding carboxylic acids is 2. The van der Waals surface area contributed by atoms with Gasteiger partial charge in [0.05, 0.1) is 17.7 Å². The van der Waals surface area contributed by atoms with Gasteiger partial charge in [-0.3, -0.25) is 10.6 Å².